The molecule has 0 radical (unpaired) electrons. The van der Waals surface area contributed by atoms with Gasteiger partial charge in [0.05, 0.1) is 12.1 Å². The summed E-state index contributed by atoms with van der Waals surface area (Å²) in [4.78, 5) is 11.3. The lowest BCUT2D eigenvalue weighted by Gasteiger charge is -2.14. The van der Waals surface area contributed by atoms with Crippen molar-refractivity contribution < 1.29 is 18.0 Å². The van der Waals surface area contributed by atoms with Crippen molar-refractivity contribution in [3.63, 3.8) is 0 Å². The summed E-state index contributed by atoms with van der Waals surface area (Å²) in [5, 5.41) is 5.08. The number of hydrogen-bond donors (Lipinski definition) is 2. The number of halogens is 3. The van der Waals surface area contributed by atoms with Gasteiger partial charge >= 0.3 is 6.18 Å². The first-order valence-corrected chi connectivity index (χ1v) is 5.50. The van der Waals surface area contributed by atoms with Gasteiger partial charge in [-0.25, -0.2) is 0 Å². The second kappa shape index (κ2) is 5.75. The maximum atomic E-state index is 12.6. The average Bonchev–Trinajstić information content (AvgIpc) is 2.24. The lowest BCUT2D eigenvalue weighted by molar-refractivity contribution is -0.137. The largest absolute Gasteiger partial charge is 0.418 e. The molecule has 0 aliphatic carbocycles. The molecule has 0 bridgehead atoms. The molecule has 3 nitrogen and oxygen atoms in total. The first kappa shape index (κ1) is 14.3. The molecule has 1 aromatic rings. The number of para-hydroxylation sites is 1. The molecule has 0 unspecified atom stereocenters. The topological polar surface area (TPSA) is 41.1 Å². The van der Waals surface area contributed by atoms with E-state index in [1.54, 1.807) is 13.8 Å². The number of alkyl halides is 3. The van der Waals surface area contributed by atoms with Crippen molar-refractivity contribution in [3.05, 3.63) is 29.8 Å². The van der Waals surface area contributed by atoms with Crippen LogP contribution in [0.3, 0.4) is 0 Å². The smallest absolute Gasteiger partial charge is 0.376 e. The molecule has 1 amide bonds. The predicted octanol–water partition coefficient (Wildman–Crippen LogP) is 2.64. The Balaban J connectivity index is 2.71. The molecule has 0 aliphatic heterocycles. The van der Waals surface area contributed by atoms with Crippen LogP contribution in [-0.4, -0.2) is 18.5 Å². The summed E-state index contributed by atoms with van der Waals surface area (Å²) in [6.07, 6.45) is -4.43. The SMILES string of the molecule is CC(C)NC(=O)CNc1ccccc1C(F)(F)F. The molecule has 0 fully saturated rings. The van der Waals surface area contributed by atoms with E-state index in [1.807, 2.05) is 0 Å². The lowest BCUT2D eigenvalue weighted by atomic mass is 10.1. The fourth-order valence-electron chi connectivity index (χ4n) is 1.43. The zero-order valence-electron chi connectivity index (χ0n) is 10.1. The van der Waals surface area contributed by atoms with Gasteiger partial charge in [0.2, 0.25) is 5.91 Å². The van der Waals surface area contributed by atoms with E-state index >= 15 is 0 Å². The van der Waals surface area contributed by atoms with Crippen LogP contribution in [0.15, 0.2) is 24.3 Å². The third-order valence-electron chi connectivity index (χ3n) is 2.12. The Morgan fingerprint density at radius 3 is 2.44 bits per heavy atom. The summed E-state index contributed by atoms with van der Waals surface area (Å²) in [5.74, 6) is -0.345. The normalized spacial score (nSPS) is 11.4. The van der Waals surface area contributed by atoms with Gasteiger partial charge in [0.25, 0.3) is 0 Å². The summed E-state index contributed by atoms with van der Waals surface area (Å²) < 4.78 is 37.9. The third kappa shape index (κ3) is 4.27. The molecule has 0 saturated carbocycles. The molecule has 0 atom stereocenters. The summed E-state index contributed by atoms with van der Waals surface area (Å²) in [6, 6.07) is 5.02. The number of carbonyl (C=O) groups excluding carboxylic acids is 1. The molecule has 0 aromatic heterocycles. The van der Waals surface area contributed by atoms with Crippen molar-refractivity contribution in [1.29, 1.82) is 0 Å². The highest BCUT2D eigenvalue weighted by Crippen LogP contribution is 2.34. The van der Waals surface area contributed by atoms with Gasteiger partial charge in [-0.1, -0.05) is 12.1 Å². The fraction of sp³-hybridized carbons (Fsp3) is 0.417. The summed E-state index contributed by atoms with van der Waals surface area (Å²) >= 11 is 0. The minimum absolute atomic E-state index is 0.0443. The van der Waals surface area contributed by atoms with Crippen LogP contribution in [0.1, 0.15) is 19.4 Å². The van der Waals surface area contributed by atoms with Crippen molar-refractivity contribution >= 4 is 11.6 Å². The van der Waals surface area contributed by atoms with Crippen LogP contribution in [0, 0.1) is 0 Å². The molecule has 0 heterocycles. The number of hydrogen-bond acceptors (Lipinski definition) is 2. The van der Waals surface area contributed by atoms with Crippen molar-refractivity contribution in [2.24, 2.45) is 0 Å². The Kier molecular flexibility index (Phi) is 4.58. The van der Waals surface area contributed by atoms with Crippen LogP contribution in [0.5, 0.6) is 0 Å². The number of benzene rings is 1. The van der Waals surface area contributed by atoms with Crippen LogP contribution >= 0.6 is 0 Å². The van der Waals surface area contributed by atoms with Crippen LogP contribution in [0.25, 0.3) is 0 Å². The maximum absolute atomic E-state index is 12.6. The van der Waals surface area contributed by atoms with Gasteiger partial charge in [0, 0.05) is 11.7 Å². The molecule has 0 saturated heterocycles. The summed E-state index contributed by atoms with van der Waals surface area (Å²) in [6.45, 7) is 3.37. The Bertz CT molecular complexity index is 416. The van der Waals surface area contributed by atoms with Gasteiger partial charge in [-0.3, -0.25) is 4.79 Å². The van der Waals surface area contributed by atoms with Crippen molar-refractivity contribution in [2.45, 2.75) is 26.1 Å². The van der Waals surface area contributed by atoms with Gasteiger partial charge in [-0.15, -0.1) is 0 Å². The molecule has 1 rings (SSSR count). The molecule has 100 valence electrons. The fourth-order valence-corrected chi connectivity index (χ4v) is 1.43. The van der Waals surface area contributed by atoms with E-state index in [1.165, 1.54) is 18.2 Å². The molecule has 0 aliphatic rings. The van der Waals surface area contributed by atoms with Gasteiger partial charge in [0.15, 0.2) is 0 Å². The summed E-state index contributed by atoms with van der Waals surface area (Å²) in [5.41, 5.74) is -0.869. The highest BCUT2D eigenvalue weighted by Gasteiger charge is 2.33. The van der Waals surface area contributed by atoms with Crippen LogP contribution < -0.4 is 10.6 Å². The zero-order chi connectivity index (χ0) is 13.8. The second-order valence-electron chi connectivity index (χ2n) is 4.12. The molecule has 6 heteroatoms. The van der Waals surface area contributed by atoms with Crippen LogP contribution in [0.4, 0.5) is 18.9 Å². The van der Waals surface area contributed by atoms with Crippen molar-refractivity contribution in [2.75, 3.05) is 11.9 Å². The lowest BCUT2D eigenvalue weighted by Crippen LogP contribution is -2.35. The quantitative estimate of drug-likeness (QED) is 0.873. The molecule has 0 spiro atoms. The zero-order valence-corrected chi connectivity index (χ0v) is 10.1. The van der Waals surface area contributed by atoms with E-state index in [9.17, 15) is 18.0 Å². The Morgan fingerprint density at radius 1 is 1.28 bits per heavy atom. The van der Waals surface area contributed by atoms with Crippen LogP contribution in [0.2, 0.25) is 0 Å². The minimum Gasteiger partial charge on any atom is -0.376 e. The second-order valence-corrected chi connectivity index (χ2v) is 4.12. The minimum atomic E-state index is -4.43. The highest BCUT2D eigenvalue weighted by atomic mass is 19.4. The van der Waals surface area contributed by atoms with E-state index in [2.05, 4.69) is 10.6 Å². The number of carbonyl (C=O) groups is 1. The number of rotatable bonds is 4. The van der Waals surface area contributed by atoms with E-state index in [4.69, 9.17) is 0 Å². The van der Waals surface area contributed by atoms with Gasteiger partial charge in [-0.05, 0) is 26.0 Å². The number of anilines is 1. The number of amides is 1. The average molecular weight is 260 g/mol. The molecule has 1 aromatic carbocycles. The maximum Gasteiger partial charge on any atom is 0.418 e. The first-order chi connectivity index (χ1) is 8.30. The first-order valence-electron chi connectivity index (χ1n) is 5.50. The third-order valence-corrected chi connectivity index (χ3v) is 2.12. The molecular weight excluding hydrogens is 245 g/mol. The Hall–Kier alpha value is -1.72. The van der Waals surface area contributed by atoms with Gasteiger partial charge in [0.1, 0.15) is 0 Å². The summed E-state index contributed by atoms with van der Waals surface area (Å²) in [7, 11) is 0. The van der Waals surface area contributed by atoms with Gasteiger partial charge < -0.3 is 10.6 Å². The molecule has 18 heavy (non-hydrogen) atoms. The van der Waals surface area contributed by atoms with E-state index in [-0.39, 0.29) is 24.2 Å². The van der Waals surface area contributed by atoms with E-state index in [0.29, 0.717) is 0 Å². The van der Waals surface area contributed by atoms with Gasteiger partial charge in [-0.2, -0.15) is 13.2 Å². The van der Waals surface area contributed by atoms with Crippen LogP contribution in [-0.2, 0) is 11.0 Å². The molecular formula is C12H15F3N2O. The van der Waals surface area contributed by atoms with E-state index < -0.39 is 11.7 Å². The Labute approximate surface area is 103 Å². The predicted molar refractivity (Wildman–Crippen MR) is 63.2 cm³/mol. The molecule has 2 N–H and O–H groups in total. The number of nitrogens with one attached hydrogen (secondary N) is 2. The van der Waals surface area contributed by atoms with E-state index in [0.717, 1.165) is 6.07 Å². The monoisotopic (exact) mass is 260 g/mol. The van der Waals surface area contributed by atoms with Crippen molar-refractivity contribution in [3.8, 4) is 0 Å². The standard InChI is InChI=1S/C12H15F3N2O/c1-8(2)17-11(18)7-16-10-6-4-3-5-9(10)12(13,14)15/h3-6,8,16H,7H2,1-2H3,(H,17,18). The highest BCUT2D eigenvalue weighted by molar-refractivity contribution is 5.81. The van der Waals surface area contributed by atoms with Crippen molar-refractivity contribution in [1.82, 2.24) is 5.32 Å². The Morgan fingerprint density at radius 2 is 1.89 bits per heavy atom.